The number of hydrogen-bond donors (Lipinski definition) is 0. The summed E-state index contributed by atoms with van der Waals surface area (Å²) in [6, 6.07) is 0. The van der Waals surface area contributed by atoms with Crippen LogP contribution < -0.4 is 0 Å². The second-order valence-corrected chi connectivity index (χ2v) is 3.62. The number of ether oxygens (including phenoxy) is 4. The summed E-state index contributed by atoms with van der Waals surface area (Å²) in [5.74, 6) is -1.26. The minimum Gasteiger partial charge on any atom is -0.463 e. The summed E-state index contributed by atoms with van der Waals surface area (Å²) < 4.78 is 19.5. The molecule has 0 aromatic rings. The molecule has 0 unspecified atom stereocenters. The molecule has 0 aromatic carbocycles. The first-order chi connectivity index (χ1) is 8.99. The van der Waals surface area contributed by atoms with Crippen molar-refractivity contribution in [1.82, 2.24) is 0 Å². The molecule has 0 spiro atoms. The Labute approximate surface area is 112 Å². The third kappa shape index (κ3) is 10.0. The zero-order valence-electron chi connectivity index (χ0n) is 11.5. The third-order valence-corrected chi connectivity index (χ3v) is 2.00. The standard InChI is InChI=1S/C12H20O7/c1-4-11(14)16-6-10(7-17-12(15)5-2)19-8-18-9(3)13/h10H,4-8H2,1-3H3. The predicted molar refractivity (Wildman–Crippen MR) is 64.0 cm³/mol. The molecule has 0 aliphatic carbocycles. The number of rotatable bonds is 9. The van der Waals surface area contributed by atoms with Crippen LogP contribution in [0, 0.1) is 0 Å². The lowest BCUT2D eigenvalue weighted by Gasteiger charge is -2.17. The van der Waals surface area contributed by atoms with Gasteiger partial charge in [0.25, 0.3) is 0 Å². The number of carbonyl (C=O) groups is 3. The van der Waals surface area contributed by atoms with Crippen LogP contribution in [0.1, 0.15) is 33.6 Å². The molecular weight excluding hydrogens is 256 g/mol. The minimum absolute atomic E-state index is 0.0646. The first-order valence-electron chi connectivity index (χ1n) is 6.05. The second-order valence-electron chi connectivity index (χ2n) is 3.62. The highest BCUT2D eigenvalue weighted by Crippen LogP contribution is 1.99. The maximum atomic E-state index is 11.0. The van der Waals surface area contributed by atoms with E-state index >= 15 is 0 Å². The second kappa shape index (κ2) is 10.3. The Morgan fingerprint density at radius 1 is 0.895 bits per heavy atom. The molecule has 0 aliphatic rings. The highest BCUT2D eigenvalue weighted by atomic mass is 16.7. The van der Waals surface area contributed by atoms with E-state index in [1.54, 1.807) is 13.8 Å². The van der Waals surface area contributed by atoms with Crippen molar-refractivity contribution in [3.05, 3.63) is 0 Å². The molecule has 0 aliphatic heterocycles. The number of carbonyl (C=O) groups excluding carboxylic acids is 3. The SMILES string of the molecule is CCC(=O)OCC(COC(=O)CC)OCOC(C)=O. The van der Waals surface area contributed by atoms with E-state index in [2.05, 4.69) is 4.74 Å². The van der Waals surface area contributed by atoms with E-state index in [0.29, 0.717) is 0 Å². The average Bonchev–Trinajstić information content (AvgIpc) is 2.39. The van der Waals surface area contributed by atoms with Gasteiger partial charge in [-0.1, -0.05) is 13.8 Å². The van der Waals surface area contributed by atoms with Gasteiger partial charge in [0.05, 0.1) is 0 Å². The first-order valence-corrected chi connectivity index (χ1v) is 6.05. The lowest BCUT2D eigenvalue weighted by atomic mass is 10.4. The molecule has 0 N–H and O–H groups in total. The molecule has 0 heterocycles. The highest BCUT2D eigenvalue weighted by molar-refractivity contribution is 5.69. The normalized spacial score (nSPS) is 10.1. The predicted octanol–water partition coefficient (Wildman–Crippen LogP) is 0.799. The van der Waals surface area contributed by atoms with Crippen LogP contribution in [0.3, 0.4) is 0 Å². The lowest BCUT2D eigenvalue weighted by Crippen LogP contribution is -2.29. The number of esters is 3. The van der Waals surface area contributed by atoms with E-state index in [1.807, 2.05) is 0 Å². The molecule has 0 atom stereocenters. The zero-order valence-corrected chi connectivity index (χ0v) is 11.5. The van der Waals surface area contributed by atoms with E-state index in [9.17, 15) is 14.4 Å². The van der Waals surface area contributed by atoms with Gasteiger partial charge in [-0.2, -0.15) is 0 Å². The molecule has 0 saturated heterocycles. The molecule has 110 valence electrons. The van der Waals surface area contributed by atoms with Crippen molar-refractivity contribution in [3.8, 4) is 0 Å². The largest absolute Gasteiger partial charge is 0.463 e. The molecule has 0 amide bonds. The Morgan fingerprint density at radius 3 is 1.74 bits per heavy atom. The summed E-state index contributed by atoms with van der Waals surface area (Å²) in [6.07, 6.45) is -0.179. The fourth-order valence-corrected chi connectivity index (χ4v) is 0.933. The van der Waals surface area contributed by atoms with Crippen LogP contribution in [0.15, 0.2) is 0 Å². The van der Waals surface area contributed by atoms with Crippen molar-refractivity contribution in [2.24, 2.45) is 0 Å². The van der Waals surface area contributed by atoms with Gasteiger partial charge in [0.1, 0.15) is 19.3 Å². The lowest BCUT2D eigenvalue weighted by molar-refractivity contribution is -0.173. The number of hydrogen-bond acceptors (Lipinski definition) is 7. The maximum Gasteiger partial charge on any atom is 0.305 e. The summed E-state index contributed by atoms with van der Waals surface area (Å²) in [7, 11) is 0. The zero-order chi connectivity index (χ0) is 14.7. The summed E-state index contributed by atoms with van der Waals surface area (Å²) >= 11 is 0. The molecule has 0 bridgehead atoms. The Hall–Kier alpha value is -1.63. The van der Waals surface area contributed by atoms with E-state index in [-0.39, 0.29) is 44.8 Å². The van der Waals surface area contributed by atoms with E-state index in [1.165, 1.54) is 6.92 Å². The van der Waals surface area contributed by atoms with E-state index < -0.39 is 12.1 Å². The minimum atomic E-state index is -0.662. The molecular formula is C12H20O7. The Balaban J connectivity index is 4.09. The van der Waals surface area contributed by atoms with Crippen molar-refractivity contribution in [3.63, 3.8) is 0 Å². The fraction of sp³-hybridized carbons (Fsp3) is 0.750. The van der Waals surface area contributed by atoms with Gasteiger partial charge in [-0.05, 0) is 0 Å². The van der Waals surface area contributed by atoms with Crippen LogP contribution in [0.25, 0.3) is 0 Å². The summed E-state index contributed by atoms with van der Waals surface area (Å²) in [5.41, 5.74) is 0. The van der Waals surface area contributed by atoms with Crippen molar-refractivity contribution in [1.29, 1.82) is 0 Å². The highest BCUT2D eigenvalue weighted by Gasteiger charge is 2.15. The van der Waals surface area contributed by atoms with Gasteiger partial charge in [0, 0.05) is 19.8 Å². The van der Waals surface area contributed by atoms with Crippen LogP contribution in [0.2, 0.25) is 0 Å². The van der Waals surface area contributed by atoms with Crippen LogP contribution >= 0.6 is 0 Å². The van der Waals surface area contributed by atoms with Crippen molar-refractivity contribution >= 4 is 17.9 Å². The van der Waals surface area contributed by atoms with E-state index in [0.717, 1.165) is 0 Å². The smallest absolute Gasteiger partial charge is 0.305 e. The third-order valence-electron chi connectivity index (χ3n) is 2.00. The van der Waals surface area contributed by atoms with Crippen LogP contribution in [0.5, 0.6) is 0 Å². The van der Waals surface area contributed by atoms with Gasteiger partial charge >= 0.3 is 17.9 Å². The molecule has 0 saturated carbocycles. The van der Waals surface area contributed by atoms with Gasteiger partial charge in [0.2, 0.25) is 0 Å². The molecule has 7 nitrogen and oxygen atoms in total. The summed E-state index contributed by atoms with van der Waals surface area (Å²) in [5, 5.41) is 0. The monoisotopic (exact) mass is 276 g/mol. The Kier molecular flexibility index (Phi) is 9.42. The van der Waals surface area contributed by atoms with E-state index in [4.69, 9.17) is 14.2 Å². The van der Waals surface area contributed by atoms with Crippen LogP contribution in [-0.4, -0.2) is 44.0 Å². The van der Waals surface area contributed by atoms with Crippen molar-refractivity contribution < 1.29 is 33.3 Å². The van der Waals surface area contributed by atoms with Gasteiger partial charge in [0.15, 0.2) is 6.79 Å². The topological polar surface area (TPSA) is 88.1 Å². The molecule has 7 heteroatoms. The Bertz CT molecular complexity index is 280. The molecule has 0 fully saturated rings. The molecule has 0 radical (unpaired) electrons. The fourth-order valence-electron chi connectivity index (χ4n) is 0.933. The summed E-state index contributed by atoms with van der Waals surface area (Å²) in [6.45, 7) is 4.15. The van der Waals surface area contributed by atoms with Gasteiger partial charge in [-0.15, -0.1) is 0 Å². The van der Waals surface area contributed by atoms with Gasteiger partial charge < -0.3 is 18.9 Å². The van der Waals surface area contributed by atoms with Crippen LogP contribution in [-0.2, 0) is 33.3 Å². The maximum absolute atomic E-state index is 11.0. The summed E-state index contributed by atoms with van der Waals surface area (Å²) in [4.78, 5) is 32.6. The van der Waals surface area contributed by atoms with Crippen molar-refractivity contribution in [2.45, 2.75) is 39.7 Å². The average molecular weight is 276 g/mol. The molecule has 19 heavy (non-hydrogen) atoms. The van der Waals surface area contributed by atoms with Crippen molar-refractivity contribution in [2.75, 3.05) is 20.0 Å². The Morgan fingerprint density at radius 2 is 1.37 bits per heavy atom. The first kappa shape index (κ1) is 17.4. The quantitative estimate of drug-likeness (QED) is 0.349. The van der Waals surface area contributed by atoms with Gasteiger partial charge in [-0.25, -0.2) is 0 Å². The van der Waals surface area contributed by atoms with Gasteiger partial charge in [-0.3, -0.25) is 14.4 Å². The van der Waals surface area contributed by atoms with Crippen LogP contribution in [0.4, 0.5) is 0 Å². The molecule has 0 aromatic heterocycles. The molecule has 0 rings (SSSR count).